The normalized spacial score (nSPS) is 16.6. The van der Waals surface area contributed by atoms with Gasteiger partial charge in [-0.2, -0.15) is 9.78 Å². The molecule has 1 heterocycles. The third-order valence-corrected chi connectivity index (χ3v) is 4.70. The summed E-state index contributed by atoms with van der Waals surface area (Å²) in [5, 5.41) is 0. The van der Waals surface area contributed by atoms with Gasteiger partial charge in [0, 0.05) is 11.1 Å². The molecule has 0 radical (unpaired) electrons. The lowest BCUT2D eigenvalue weighted by molar-refractivity contribution is 0.0850. The maximum absolute atomic E-state index is 5.58. The van der Waals surface area contributed by atoms with Crippen molar-refractivity contribution in [2.75, 3.05) is 0 Å². The summed E-state index contributed by atoms with van der Waals surface area (Å²) < 4.78 is 0. The van der Waals surface area contributed by atoms with E-state index in [0.29, 0.717) is 0 Å². The summed E-state index contributed by atoms with van der Waals surface area (Å²) in [5.41, 5.74) is 7.39. The van der Waals surface area contributed by atoms with E-state index in [1.165, 1.54) is 22.3 Å². The quantitative estimate of drug-likeness (QED) is 0.571. The van der Waals surface area contributed by atoms with Crippen molar-refractivity contribution in [3.8, 4) is 0 Å². The summed E-state index contributed by atoms with van der Waals surface area (Å²) in [7, 11) is 0. The molecule has 0 unspecified atom stereocenters. The van der Waals surface area contributed by atoms with Crippen molar-refractivity contribution in [2.24, 2.45) is 0 Å². The molecule has 1 aliphatic heterocycles. The van der Waals surface area contributed by atoms with Crippen molar-refractivity contribution in [3.63, 3.8) is 0 Å². The standard InChI is InChI=1S/C20H24O2/c1-13-12-17(19(4,5)6)18(15(3)14(13)2)20(21-22-20)16-10-8-7-9-11-16/h7-12H,1-6H3. The molecule has 0 saturated carbocycles. The van der Waals surface area contributed by atoms with Crippen LogP contribution in [0.15, 0.2) is 36.4 Å². The largest absolute Gasteiger partial charge is 0.284 e. The second-order valence-corrected chi connectivity index (χ2v) is 7.27. The fourth-order valence-electron chi connectivity index (χ4n) is 3.12. The first-order chi connectivity index (χ1) is 10.3. The molecule has 2 heteroatoms. The fourth-order valence-corrected chi connectivity index (χ4v) is 3.12. The van der Waals surface area contributed by atoms with E-state index in [2.05, 4.69) is 59.7 Å². The lowest BCUT2D eigenvalue weighted by Gasteiger charge is -2.28. The Balaban J connectivity index is 2.29. The van der Waals surface area contributed by atoms with Crippen molar-refractivity contribution in [3.05, 3.63) is 69.8 Å². The average molecular weight is 296 g/mol. The molecule has 0 atom stereocenters. The fraction of sp³-hybridized carbons (Fsp3) is 0.400. The lowest BCUT2D eigenvalue weighted by atomic mass is 9.76. The topological polar surface area (TPSA) is 25.1 Å². The number of hydrogen-bond acceptors (Lipinski definition) is 2. The van der Waals surface area contributed by atoms with Gasteiger partial charge in [-0.25, -0.2) is 0 Å². The van der Waals surface area contributed by atoms with E-state index in [1.54, 1.807) is 0 Å². The van der Waals surface area contributed by atoms with E-state index in [4.69, 9.17) is 9.78 Å². The Morgan fingerprint density at radius 3 is 1.95 bits per heavy atom. The third kappa shape index (κ3) is 2.27. The highest BCUT2D eigenvalue weighted by molar-refractivity contribution is 5.53. The van der Waals surface area contributed by atoms with E-state index in [9.17, 15) is 0 Å². The maximum atomic E-state index is 5.58. The highest BCUT2D eigenvalue weighted by atomic mass is 17.4. The highest BCUT2D eigenvalue weighted by Crippen LogP contribution is 2.51. The predicted octanol–water partition coefficient (Wildman–Crippen LogP) is 5.07. The third-order valence-electron chi connectivity index (χ3n) is 4.70. The Labute approximate surface area is 133 Å². The molecule has 0 bridgehead atoms. The van der Waals surface area contributed by atoms with Gasteiger partial charge in [-0.05, 0) is 48.4 Å². The molecule has 1 aliphatic rings. The number of rotatable bonds is 2. The molecule has 1 fully saturated rings. The van der Waals surface area contributed by atoms with Gasteiger partial charge in [-0.1, -0.05) is 57.2 Å². The first-order valence-electron chi connectivity index (χ1n) is 7.81. The van der Waals surface area contributed by atoms with Crippen LogP contribution in [-0.2, 0) is 21.0 Å². The summed E-state index contributed by atoms with van der Waals surface area (Å²) in [5.74, 6) is -0.744. The van der Waals surface area contributed by atoms with Gasteiger partial charge in [0.25, 0.3) is 5.79 Å². The molecule has 2 aromatic carbocycles. The molecule has 0 N–H and O–H groups in total. The van der Waals surface area contributed by atoms with Crippen LogP contribution in [0, 0.1) is 20.8 Å². The van der Waals surface area contributed by atoms with E-state index < -0.39 is 5.79 Å². The molecule has 3 rings (SSSR count). The first kappa shape index (κ1) is 15.3. The summed E-state index contributed by atoms with van der Waals surface area (Å²) in [6.45, 7) is 13.2. The zero-order valence-corrected chi connectivity index (χ0v) is 14.3. The van der Waals surface area contributed by atoms with Crippen LogP contribution >= 0.6 is 0 Å². The van der Waals surface area contributed by atoms with Crippen LogP contribution in [0.1, 0.15) is 54.2 Å². The van der Waals surface area contributed by atoms with Gasteiger partial charge in [0.05, 0.1) is 0 Å². The Hall–Kier alpha value is -1.64. The molecular weight excluding hydrogens is 272 g/mol. The lowest BCUT2D eigenvalue weighted by Crippen LogP contribution is -2.23. The molecule has 2 aromatic rings. The predicted molar refractivity (Wildman–Crippen MR) is 88.7 cm³/mol. The van der Waals surface area contributed by atoms with Gasteiger partial charge in [0.1, 0.15) is 0 Å². The van der Waals surface area contributed by atoms with Crippen molar-refractivity contribution in [2.45, 2.75) is 52.7 Å². The molecular formula is C20H24O2. The highest BCUT2D eigenvalue weighted by Gasteiger charge is 2.55. The average Bonchev–Trinajstić information content (AvgIpc) is 3.26. The van der Waals surface area contributed by atoms with Gasteiger partial charge in [0.2, 0.25) is 0 Å². The van der Waals surface area contributed by atoms with Gasteiger partial charge >= 0.3 is 0 Å². The summed E-state index contributed by atoms with van der Waals surface area (Å²) in [6.07, 6.45) is 0. The number of aryl methyl sites for hydroxylation is 1. The molecule has 0 spiro atoms. The van der Waals surface area contributed by atoms with Gasteiger partial charge < -0.3 is 0 Å². The van der Waals surface area contributed by atoms with Gasteiger partial charge in [0.15, 0.2) is 0 Å². The van der Waals surface area contributed by atoms with Crippen LogP contribution in [0.3, 0.4) is 0 Å². The first-order valence-corrected chi connectivity index (χ1v) is 7.81. The smallest absolute Gasteiger partial charge is 0.184 e. The van der Waals surface area contributed by atoms with E-state index in [1.807, 2.05) is 18.2 Å². The van der Waals surface area contributed by atoms with E-state index in [-0.39, 0.29) is 5.41 Å². The van der Waals surface area contributed by atoms with Crippen LogP contribution in [0.5, 0.6) is 0 Å². The van der Waals surface area contributed by atoms with Crippen LogP contribution in [0.25, 0.3) is 0 Å². The Morgan fingerprint density at radius 2 is 1.45 bits per heavy atom. The summed E-state index contributed by atoms with van der Waals surface area (Å²) >= 11 is 0. The minimum atomic E-state index is -0.744. The zero-order valence-electron chi connectivity index (χ0n) is 14.3. The van der Waals surface area contributed by atoms with Crippen LogP contribution in [0.2, 0.25) is 0 Å². The Morgan fingerprint density at radius 1 is 0.864 bits per heavy atom. The van der Waals surface area contributed by atoms with Crippen molar-refractivity contribution in [1.29, 1.82) is 0 Å². The minimum absolute atomic E-state index is 0.0235. The second kappa shape index (κ2) is 4.94. The van der Waals surface area contributed by atoms with Crippen LogP contribution in [0.4, 0.5) is 0 Å². The summed E-state index contributed by atoms with van der Waals surface area (Å²) in [4.78, 5) is 11.2. The molecule has 0 aliphatic carbocycles. The van der Waals surface area contributed by atoms with Crippen molar-refractivity contribution in [1.82, 2.24) is 0 Å². The van der Waals surface area contributed by atoms with Gasteiger partial charge in [-0.3, -0.25) is 0 Å². The van der Waals surface area contributed by atoms with Crippen LogP contribution in [-0.4, -0.2) is 0 Å². The maximum Gasteiger partial charge on any atom is 0.284 e. The van der Waals surface area contributed by atoms with E-state index in [0.717, 1.165) is 11.1 Å². The molecule has 22 heavy (non-hydrogen) atoms. The molecule has 0 amide bonds. The monoisotopic (exact) mass is 296 g/mol. The van der Waals surface area contributed by atoms with Crippen molar-refractivity contribution >= 4 is 0 Å². The number of benzene rings is 2. The Kier molecular flexibility index (Phi) is 3.42. The van der Waals surface area contributed by atoms with E-state index >= 15 is 0 Å². The molecule has 1 saturated heterocycles. The summed E-state index contributed by atoms with van der Waals surface area (Å²) in [6, 6.07) is 12.5. The second-order valence-electron chi connectivity index (χ2n) is 7.27. The van der Waals surface area contributed by atoms with Crippen LogP contribution < -0.4 is 0 Å². The minimum Gasteiger partial charge on any atom is -0.184 e. The molecule has 116 valence electrons. The SMILES string of the molecule is Cc1cc(C(C)(C)C)c(C2(c3ccccc3)OO2)c(C)c1C. The van der Waals surface area contributed by atoms with Gasteiger partial charge in [-0.15, -0.1) is 0 Å². The van der Waals surface area contributed by atoms with Crippen molar-refractivity contribution < 1.29 is 9.78 Å². The Bertz CT molecular complexity index is 705. The zero-order chi connectivity index (χ0) is 16.1. The molecule has 0 aromatic heterocycles. The number of hydrogen-bond donors (Lipinski definition) is 0. The molecule has 2 nitrogen and oxygen atoms in total.